The van der Waals surface area contributed by atoms with Crippen LogP contribution in [0.25, 0.3) is 0 Å². The van der Waals surface area contributed by atoms with Crippen LogP contribution in [0.4, 0.5) is 0 Å². The Balaban J connectivity index is 2.92. The molecule has 1 aromatic carbocycles. The molecule has 0 heterocycles. The summed E-state index contributed by atoms with van der Waals surface area (Å²) in [4.78, 5) is 0. The quantitative estimate of drug-likeness (QED) is 0.784. The summed E-state index contributed by atoms with van der Waals surface area (Å²) in [7, 11) is 0. The third-order valence-corrected chi connectivity index (χ3v) is 2.26. The molecule has 0 aliphatic carbocycles. The van der Waals surface area contributed by atoms with E-state index >= 15 is 0 Å². The van der Waals surface area contributed by atoms with Crippen LogP contribution in [0.2, 0.25) is 0 Å². The van der Waals surface area contributed by atoms with Crippen LogP contribution in [0.15, 0.2) is 22.7 Å². The van der Waals surface area contributed by atoms with Gasteiger partial charge in [-0.1, -0.05) is 22.9 Å². The highest BCUT2D eigenvalue weighted by Gasteiger charge is 2.03. The van der Waals surface area contributed by atoms with Crippen molar-refractivity contribution in [2.45, 2.75) is 33.3 Å². The number of aryl methyl sites for hydroxylation is 1. The Hall–Kier alpha value is -0.500. The van der Waals surface area contributed by atoms with Crippen LogP contribution < -0.4 is 4.74 Å². The molecule has 2 heteroatoms. The molecule has 0 unspecified atom stereocenters. The Bertz CT molecular complexity index is 281. The maximum atomic E-state index is 5.67. The minimum Gasteiger partial charge on any atom is -0.491 e. The Morgan fingerprint density at radius 3 is 2.62 bits per heavy atom. The van der Waals surface area contributed by atoms with Gasteiger partial charge in [0.05, 0.1) is 6.10 Å². The monoisotopic (exact) mass is 242 g/mol. The van der Waals surface area contributed by atoms with E-state index in [1.54, 1.807) is 0 Å². The van der Waals surface area contributed by atoms with Crippen LogP contribution in [0.1, 0.15) is 26.3 Å². The zero-order valence-electron chi connectivity index (χ0n) is 8.30. The van der Waals surface area contributed by atoms with Crippen LogP contribution >= 0.6 is 15.9 Å². The first-order chi connectivity index (χ1) is 6.13. The number of ether oxygens (including phenoxy) is 1. The molecule has 0 bridgehead atoms. The standard InChI is InChI=1S/C11H15BrO/c1-4-9-7-10(12)5-6-11(9)13-8(2)3/h5-8H,4H2,1-3H3. The second kappa shape index (κ2) is 4.66. The molecule has 0 atom stereocenters. The van der Waals surface area contributed by atoms with Crippen LogP contribution in [-0.4, -0.2) is 6.10 Å². The van der Waals surface area contributed by atoms with Crippen molar-refractivity contribution in [1.29, 1.82) is 0 Å². The van der Waals surface area contributed by atoms with E-state index in [2.05, 4.69) is 28.9 Å². The Morgan fingerprint density at radius 2 is 2.08 bits per heavy atom. The Labute approximate surface area is 88.2 Å². The van der Waals surface area contributed by atoms with Gasteiger partial charge in [-0.2, -0.15) is 0 Å². The summed E-state index contributed by atoms with van der Waals surface area (Å²) in [5.41, 5.74) is 1.25. The lowest BCUT2D eigenvalue weighted by Gasteiger charge is -2.13. The molecule has 0 aliphatic heterocycles. The summed E-state index contributed by atoms with van der Waals surface area (Å²) < 4.78 is 6.78. The predicted octanol–water partition coefficient (Wildman–Crippen LogP) is 3.80. The van der Waals surface area contributed by atoms with Crippen molar-refractivity contribution in [2.75, 3.05) is 0 Å². The second-order valence-electron chi connectivity index (χ2n) is 3.27. The van der Waals surface area contributed by atoms with Gasteiger partial charge in [-0.05, 0) is 44.0 Å². The SMILES string of the molecule is CCc1cc(Br)ccc1OC(C)C. The molecule has 1 nitrogen and oxygen atoms in total. The van der Waals surface area contributed by atoms with Gasteiger partial charge in [-0.15, -0.1) is 0 Å². The van der Waals surface area contributed by atoms with E-state index in [9.17, 15) is 0 Å². The molecular weight excluding hydrogens is 228 g/mol. The normalized spacial score (nSPS) is 10.5. The topological polar surface area (TPSA) is 9.23 Å². The fourth-order valence-corrected chi connectivity index (χ4v) is 1.60. The van der Waals surface area contributed by atoms with Crippen LogP contribution in [0, 0.1) is 0 Å². The van der Waals surface area contributed by atoms with Gasteiger partial charge < -0.3 is 4.74 Å². The first-order valence-electron chi connectivity index (χ1n) is 4.58. The van der Waals surface area contributed by atoms with Crippen LogP contribution in [-0.2, 0) is 6.42 Å². The molecule has 72 valence electrons. The lowest BCUT2D eigenvalue weighted by Crippen LogP contribution is -2.07. The van der Waals surface area contributed by atoms with Gasteiger partial charge in [0.1, 0.15) is 5.75 Å². The lowest BCUT2D eigenvalue weighted by atomic mass is 10.1. The molecule has 0 N–H and O–H groups in total. The number of hydrogen-bond donors (Lipinski definition) is 0. The molecule has 0 aliphatic rings. The van der Waals surface area contributed by atoms with Gasteiger partial charge in [0, 0.05) is 4.47 Å². The van der Waals surface area contributed by atoms with Crippen molar-refractivity contribution in [3.63, 3.8) is 0 Å². The van der Waals surface area contributed by atoms with Crippen molar-refractivity contribution in [3.05, 3.63) is 28.2 Å². The van der Waals surface area contributed by atoms with Crippen molar-refractivity contribution in [2.24, 2.45) is 0 Å². The van der Waals surface area contributed by atoms with Crippen LogP contribution in [0.3, 0.4) is 0 Å². The predicted molar refractivity (Wildman–Crippen MR) is 59.3 cm³/mol. The van der Waals surface area contributed by atoms with Gasteiger partial charge in [-0.25, -0.2) is 0 Å². The fraction of sp³-hybridized carbons (Fsp3) is 0.455. The van der Waals surface area contributed by atoms with Crippen molar-refractivity contribution in [3.8, 4) is 5.75 Å². The summed E-state index contributed by atoms with van der Waals surface area (Å²) in [5.74, 6) is 1.00. The number of rotatable bonds is 3. The molecule has 0 saturated carbocycles. The molecule has 13 heavy (non-hydrogen) atoms. The largest absolute Gasteiger partial charge is 0.491 e. The van der Waals surface area contributed by atoms with E-state index in [-0.39, 0.29) is 6.10 Å². The molecule has 1 aromatic rings. The van der Waals surface area contributed by atoms with Gasteiger partial charge in [0.15, 0.2) is 0 Å². The molecule has 0 radical (unpaired) electrons. The van der Waals surface area contributed by atoms with E-state index in [1.165, 1.54) is 5.56 Å². The molecule has 0 amide bonds. The van der Waals surface area contributed by atoms with E-state index in [1.807, 2.05) is 26.0 Å². The van der Waals surface area contributed by atoms with Crippen LogP contribution in [0.5, 0.6) is 5.75 Å². The molecule has 0 spiro atoms. The van der Waals surface area contributed by atoms with Crippen molar-refractivity contribution in [1.82, 2.24) is 0 Å². The van der Waals surface area contributed by atoms with Gasteiger partial charge >= 0.3 is 0 Å². The maximum absolute atomic E-state index is 5.67. The van der Waals surface area contributed by atoms with Gasteiger partial charge in [-0.3, -0.25) is 0 Å². The van der Waals surface area contributed by atoms with Crippen molar-refractivity contribution >= 4 is 15.9 Å². The average molecular weight is 243 g/mol. The average Bonchev–Trinajstić information content (AvgIpc) is 2.07. The third kappa shape index (κ3) is 3.03. The number of hydrogen-bond acceptors (Lipinski definition) is 1. The van der Waals surface area contributed by atoms with E-state index < -0.39 is 0 Å². The Morgan fingerprint density at radius 1 is 1.38 bits per heavy atom. The van der Waals surface area contributed by atoms with E-state index in [4.69, 9.17) is 4.74 Å². The second-order valence-corrected chi connectivity index (χ2v) is 4.19. The minimum atomic E-state index is 0.242. The van der Waals surface area contributed by atoms with E-state index in [0.29, 0.717) is 0 Å². The summed E-state index contributed by atoms with van der Waals surface area (Å²) in [6.45, 7) is 6.22. The molecule has 0 saturated heterocycles. The van der Waals surface area contributed by atoms with E-state index in [0.717, 1.165) is 16.6 Å². The highest BCUT2D eigenvalue weighted by molar-refractivity contribution is 9.10. The highest BCUT2D eigenvalue weighted by Crippen LogP contribution is 2.24. The zero-order chi connectivity index (χ0) is 9.84. The van der Waals surface area contributed by atoms with Gasteiger partial charge in [0.2, 0.25) is 0 Å². The molecule has 1 rings (SSSR count). The summed E-state index contributed by atoms with van der Waals surface area (Å²) >= 11 is 3.45. The third-order valence-electron chi connectivity index (χ3n) is 1.77. The molecule has 0 fully saturated rings. The summed E-state index contributed by atoms with van der Waals surface area (Å²) in [6.07, 6.45) is 1.24. The highest BCUT2D eigenvalue weighted by atomic mass is 79.9. The lowest BCUT2D eigenvalue weighted by molar-refractivity contribution is 0.240. The first-order valence-corrected chi connectivity index (χ1v) is 5.38. The zero-order valence-corrected chi connectivity index (χ0v) is 9.89. The van der Waals surface area contributed by atoms with Gasteiger partial charge in [0.25, 0.3) is 0 Å². The fourth-order valence-electron chi connectivity index (χ4n) is 1.19. The molecular formula is C11H15BrO. The van der Waals surface area contributed by atoms with Crippen molar-refractivity contribution < 1.29 is 4.74 Å². The number of halogens is 1. The number of benzene rings is 1. The minimum absolute atomic E-state index is 0.242. The molecule has 0 aromatic heterocycles. The Kier molecular flexibility index (Phi) is 3.79. The maximum Gasteiger partial charge on any atom is 0.122 e. The summed E-state index contributed by atoms with van der Waals surface area (Å²) in [6, 6.07) is 6.14. The first kappa shape index (κ1) is 10.6. The smallest absolute Gasteiger partial charge is 0.122 e. The summed E-state index contributed by atoms with van der Waals surface area (Å²) in [5, 5.41) is 0.